The molecule has 0 aromatic heterocycles. The summed E-state index contributed by atoms with van der Waals surface area (Å²) in [6.07, 6.45) is 0. The molecule has 0 heterocycles. The Morgan fingerprint density at radius 1 is 0.667 bits per heavy atom. The zero-order chi connectivity index (χ0) is 17.4. The molecule has 0 saturated carbocycles. The molecular formula is C16H12N4O4-2. The van der Waals surface area contributed by atoms with Crippen molar-refractivity contribution in [3.63, 3.8) is 0 Å². The summed E-state index contributed by atoms with van der Waals surface area (Å²) in [5.74, 6) is -3.62. The second-order valence-electron chi connectivity index (χ2n) is 4.45. The van der Waals surface area contributed by atoms with Gasteiger partial charge in [-0.15, -0.1) is 0 Å². The minimum Gasteiger partial charge on any atom is -0.543 e. The molecule has 8 heteroatoms. The number of hydrogen-bond acceptors (Lipinski definition) is 8. The summed E-state index contributed by atoms with van der Waals surface area (Å²) in [6, 6.07) is 16.8. The molecule has 0 aliphatic heterocycles. The maximum absolute atomic E-state index is 11.2. The highest BCUT2D eigenvalue weighted by atomic mass is 16.4. The fourth-order valence-electron chi connectivity index (χ4n) is 1.66. The molecule has 2 aromatic carbocycles. The van der Waals surface area contributed by atoms with Gasteiger partial charge in [0.25, 0.3) is 0 Å². The maximum Gasteiger partial charge on any atom is 0.135 e. The first-order valence-electron chi connectivity index (χ1n) is 6.78. The van der Waals surface area contributed by atoms with Crippen molar-refractivity contribution in [3.05, 3.63) is 60.7 Å². The molecule has 0 radical (unpaired) electrons. The van der Waals surface area contributed by atoms with E-state index >= 15 is 0 Å². The van der Waals surface area contributed by atoms with E-state index in [0.717, 1.165) is 0 Å². The van der Waals surface area contributed by atoms with Gasteiger partial charge >= 0.3 is 0 Å². The molecule has 2 aromatic rings. The van der Waals surface area contributed by atoms with Gasteiger partial charge in [0.1, 0.15) is 11.4 Å². The number of carbonyl (C=O) groups is 2. The number of carbonyl (C=O) groups excluding carboxylic acids is 2. The van der Waals surface area contributed by atoms with Crippen LogP contribution in [0, 0.1) is 0 Å². The lowest BCUT2D eigenvalue weighted by molar-refractivity contribution is -0.297. The van der Waals surface area contributed by atoms with Crippen LogP contribution >= 0.6 is 0 Å². The summed E-state index contributed by atoms with van der Waals surface area (Å²) in [5.41, 5.74) is 3.98. The third-order valence-corrected chi connectivity index (χ3v) is 2.75. The van der Waals surface area contributed by atoms with Gasteiger partial charge in [-0.05, 0) is 24.3 Å². The van der Waals surface area contributed by atoms with Gasteiger partial charge in [-0.25, -0.2) is 0 Å². The maximum atomic E-state index is 11.2. The van der Waals surface area contributed by atoms with Crippen LogP contribution in [0.4, 0.5) is 11.4 Å². The Balaban J connectivity index is 2.27. The van der Waals surface area contributed by atoms with E-state index in [4.69, 9.17) is 0 Å². The first-order chi connectivity index (χ1) is 11.6. The second kappa shape index (κ2) is 8.08. The molecule has 0 amide bonds. The zero-order valence-corrected chi connectivity index (χ0v) is 12.3. The molecule has 0 aliphatic rings. The molecule has 0 spiro atoms. The van der Waals surface area contributed by atoms with Gasteiger partial charge in [0.05, 0.1) is 23.3 Å². The van der Waals surface area contributed by atoms with Crippen LogP contribution in [0.25, 0.3) is 0 Å². The number of para-hydroxylation sites is 2. The van der Waals surface area contributed by atoms with Crippen LogP contribution in [0.1, 0.15) is 0 Å². The van der Waals surface area contributed by atoms with Gasteiger partial charge in [0.15, 0.2) is 0 Å². The molecule has 2 N–H and O–H groups in total. The van der Waals surface area contributed by atoms with E-state index in [9.17, 15) is 19.8 Å². The van der Waals surface area contributed by atoms with Gasteiger partial charge in [-0.3, -0.25) is 10.9 Å². The van der Waals surface area contributed by atoms with Crippen LogP contribution in [0.15, 0.2) is 70.9 Å². The number of aliphatic carboxylic acids is 2. The van der Waals surface area contributed by atoms with E-state index in [0.29, 0.717) is 11.4 Å². The first-order valence-corrected chi connectivity index (χ1v) is 6.78. The zero-order valence-electron chi connectivity index (χ0n) is 12.3. The molecule has 0 saturated heterocycles. The van der Waals surface area contributed by atoms with Crippen molar-refractivity contribution in [2.45, 2.75) is 0 Å². The summed E-state index contributed by atoms with van der Waals surface area (Å²) in [4.78, 5) is 22.4. The van der Waals surface area contributed by atoms with Crippen molar-refractivity contribution in [1.29, 1.82) is 0 Å². The Morgan fingerprint density at radius 3 is 1.29 bits per heavy atom. The molecule has 0 fully saturated rings. The van der Waals surface area contributed by atoms with Crippen LogP contribution in [-0.2, 0) is 9.59 Å². The van der Waals surface area contributed by atoms with E-state index in [-0.39, 0.29) is 0 Å². The molecule has 24 heavy (non-hydrogen) atoms. The highest BCUT2D eigenvalue weighted by Gasteiger charge is 2.13. The van der Waals surface area contributed by atoms with Crippen molar-refractivity contribution < 1.29 is 19.8 Å². The van der Waals surface area contributed by atoms with E-state index in [1.54, 1.807) is 60.7 Å². The van der Waals surface area contributed by atoms with Crippen LogP contribution in [0.2, 0.25) is 0 Å². The standard InChI is InChI=1S/C16H14N4O4/c21-15(22)13(19-17-11-7-3-1-4-8-11)14(16(23)24)20-18-12-9-5-2-6-10-12/h1-10,17-18H,(H,21,22)(H,23,24)/p-2/b19-13-,20-14?. The van der Waals surface area contributed by atoms with Gasteiger partial charge in [-0.2, -0.15) is 10.2 Å². The van der Waals surface area contributed by atoms with E-state index < -0.39 is 23.4 Å². The fourth-order valence-corrected chi connectivity index (χ4v) is 1.66. The Bertz CT molecular complexity index is 706. The number of hydrazone groups is 2. The number of benzene rings is 2. The van der Waals surface area contributed by atoms with Crippen molar-refractivity contribution in [2.75, 3.05) is 10.9 Å². The fraction of sp³-hybridized carbons (Fsp3) is 0. The Hall–Kier alpha value is -3.68. The van der Waals surface area contributed by atoms with E-state index in [2.05, 4.69) is 21.1 Å². The predicted octanol–water partition coefficient (Wildman–Crippen LogP) is -0.578. The SMILES string of the molecule is O=C([O-])C(=NNc1ccccc1)/C(=N/Nc1ccccc1)C(=O)[O-]. The molecule has 122 valence electrons. The largest absolute Gasteiger partial charge is 0.543 e. The number of nitrogens with one attached hydrogen (secondary N) is 2. The normalized spacial score (nSPS) is 11.7. The summed E-state index contributed by atoms with van der Waals surface area (Å²) < 4.78 is 0. The molecule has 8 nitrogen and oxygen atoms in total. The lowest BCUT2D eigenvalue weighted by Gasteiger charge is -2.12. The lowest BCUT2D eigenvalue weighted by Crippen LogP contribution is -2.46. The lowest BCUT2D eigenvalue weighted by atomic mass is 10.2. The second-order valence-corrected chi connectivity index (χ2v) is 4.45. The van der Waals surface area contributed by atoms with Gasteiger partial charge in [0.2, 0.25) is 0 Å². The smallest absolute Gasteiger partial charge is 0.135 e. The third-order valence-electron chi connectivity index (χ3n) is 2.75. The van der Waals surface area contributed by atoms with Gasteiger partial charge in [0, 0.05) is 0 Å². The van der Waals surface area contributed by atoms with Gasteiger partial charge < -0.3 is 19.8 Å². The monoisotopic (exact) mass is 324 g/mol. The molecule has 0 unspecified atom stereocenters. The van der Waals surface area contributed by atoms with Crippen molar-refractivity contribution >= 4 is 34.7 Å². The van der Waals surface area contributed by atoms with E-state index in [1.165, 1.54) is 0 Å². The molecule has 2 rings (SSSR count). The Morgan fingerprint density at radius 2 is 1.00 bits per heavy atom. The Labute approximate surface area is 137 Å². The Kier molecular flexibility index (Phi) is 5.62. The minimum atomic E-state index is -1.81. The summed E-state index contributed by atoms with van der Waals surface area (Å²) in [6.45, 7) is 0. The predicted molar refractivity (Wildman–Crippen MR) is 85.0 cm³/mol. The number of anilines is 2. The number of nitrogens with zero attached hydrogens (tertiary/aromatic N) is 2. The number of rotatable bonds is 7. The van der Waals surface area contributed by atoms with E-state index in [1.807, 2.05) is 0 Å². The topological polar surface area (TPSA) is 129 Å². The van der Waals surface area contributed by atoms with Crippen molar-refractivity contribution in [3.8, 4) is 0 Å². The minimum absolute atomic E-state index is 0.463. The van der Waals surface area contributed by atoms with Crippen LogP contribution in [0.5, 0.6) is 0 Å². The summed E-state index contributed by atoms with van der Waals surface area (Å²) >= 11 is 0. The van der Waals surface area contributed by atoms with Crippen LogP contribution in [-0.4, -0.2) is 23.4 Å². The third kappa shape index (κ3) is 4.67. The average Bonchev–Trinajstić information content (AvgIpc) is 2.59. The molecular weight excluding hydrogens is 312 g/mol. The van der Waals surface area contributed by atoms with Crippen LogP contribution in [0.3, 0.4) is 0 Å². The summed E-state index contributed by atoms with van der Waals surface area (Å²) in [7, 11) is 0. The number of carboxylic acid groups (broad SMARTS) is 2. The molecule has 0 bridgehead atoms. The molecule has 0 aliphatic carbocycles. The van der Waals surface area contributed by atoms with Crippen molar-refractivity contribution in [2.24, 2.45) is 10.2 Å². The first kappa shape index (κ1) is 16.7. The quantitative estimate of drug-likeness (QED) is 0.518. The highest BCUT2D eigenvalue weighted by Crippen LogP contribution is 2.06. The molecule has 0 atom stereocenters. The summed E-state index contributed by atoms with van der Waals surface area (Å²) in [5, 5.41) is 29.5. The van der Waals surface area contributed by atoms with Crippen molar-refractivity contribution in [1.82, 2.24) is 0 Å². The number of carboxylic acids is 2. The average molecular weight is 324 g/mol. The van der Waals surface area contributed by atoms with Crippen LogP contribution < -0.4 is 21.1 Å². The van der Waals surface area contributed by atoms with Gasteiger partial charge in [-0.1, -0.05) is 36.4 Å². The number of hydrogen-bond donors (Lipinski definition) is 2. The highest BCUT2D eigenvalue weighted by molar-refractivity contribution is 6.78.